The van der Waals surface area contributed by atoms with Gasteiger partial charge in [0.25, 0.3) is 0 Å². The first-order valence-corrected chi connectivity index (χ1v) is 4.97. The second kappa shape index (κ2) is 3.99. The Morgan fingerprint density at radius 2 is 2.12 bits per heavy atom. The van der Waals surface area contributed by atoms with Gasteiger partial charge in [0.2, 0.25) is 5.91 Å². The molecule has 1 saturated heterocycles. The van der Waals surface area contributed by atoms with E-state index in [9.17, 15) is 18.0 Å². The molecule has 1 aromatic heterocycles. The molecular formula is C10H10F3N3O. The number of hydrogen-bond acceptors (Lipinski definition) is 3. The van der Waals surface area contributed by atoms with Crippen LogP contribution in [-0.4, -0.2) is 23.5 Å². The summed E-state index contributed by atoms with van der Waals surface area (Å²) in [5, 5.41) is 0. The normalized spacial score (nSPS) is 21.1. The lowest BCUT2D eigenvalue weighted by Gasteiger charge is -2.15. The molecule has 1 aliphatic heterocycles. The molecule has 1 atom stereocenters. The number of rotatable bonds is 1. The quantitative estimate of drug-likeness (QED) is 0.807. The Morgan fingerprint density at radius 3 is 2.53 bits per heavy atom. The van der Waals surface area contributed by atoms with Crippen molar-refractivity contribution >= 4 is 11.7 Å². The number of anilines is 1. The number of aromatic nitrogens is 1. The second-order valence-electron chi connectivity index (χ2n) is 3.87. The Labute approximate surface area is 95.2 Å². The second-order valence-corrected chi connectivity index (χ2v) is 3.87. The van der Waals surface area contributed by atoms with Crippen molar-refractivity contribution < 1.29 is 18.0 Å². The van der Waals surface area contributed by atoms with Crippen LogP contribution in [0.25, 0.3) is 0 Å². The fourth-order valence-corrected chi connectivity index (χ4v) is 1.67. The van der Waals surface area contributed by atoms with Crippen molar-refractivity contribution in [1.82, 2.24) is 4.98 Å². The highest BCUT2D eigenvalue weighted by Gasteiger charge is 2.32. The average molecular weight is 245 g/mol. The number of alkyl halides is 3. The molecule has 0 spiro atoms. The molecule has 4 nitrogen and oxygen atoms in total. The van der Waals surface area contributed by atoms with Gasteiger partial charge in [-0.05, 0) is 12.1 Å². The van der Waals surface area contributed by atoms with E-state index < -0.39 is 11.7 Å². The van der Waals surface area contributed by atoms with E-state index in [0.717, 1.165) is 6.07 Å². The van der Waals surface area contributed by atoms with Crippen molar-refractivity contribution in [2.45, 2.75) is 18.6 Å². The van der Waals surface area contributed by atoms with E-state index in [4.69, 9.17) is 5.73 Å². The van der Waals surface area contributed by atoms with Crippen LogP contribution in [0.2, 0.25) is 0 Å². The van der Waals surface area contributed by atoms with Gasteiger partial charge in [-0.2, -0.15) is 13.2 Å². The predicted octanol–water partition coefficient (Wildman–Crippen LogP) is 1.16. The van der Waals surface area contributed by atoms with E-state index in [1.54, 1.807) is 0 Å². The maximum absolute atomic E-state index is 12.3. The third-order valence-electron chi connectivity index (χ3n) is 2.51. The molecule has 2 rings (SSSR count). The summed E-state index contributed by atoms with van der Waals surface area (Å²) < 4.78 is 36.9. The summed E-state index contributed by atoms with van der Waals surface area (Å²) in [4.78, 5) is 16.4. The molecule has 0 saturated carbocycles. The number of carbonyl (C=O) groups excluding carboxylic acids is 1. The molecule has 1 fully saturated rings. The van der Waals surface area contributed by atoms with Crippen molar-refractivity contribution in [2.75, 3.05) is 11.4 Å². The van der Waals surface area contributed by atoms with Gasteiger partial charge >= 0.3 is 6.18 Å². The van der Waals surface area contributed by atoms with Crippen LogP contribution < -0.4 is 10.6 Å². The van der Waals surface area contributed by atoms with Crippen LogP contribution in [0.5, 0.6) is 0 Å². The third-order valence-corrected chi connectivity index (χ3v) is 2.51. The van der Waals surface area contributed by atoms with Crippen molar-refractivity contribution in [2.24, 2.45) is 5.73 Å². The zero-order valence-corrected chi connectivity index (χ0v) is 8.74. The zero-order chi connectivity index (χ0) is 12.6. The Hall–Kier alpha value is -1.63. The number of pyridine rings is 1. The minimum absolute atomic E-state index is 0.197. The third kappa shape index (κ3) is 2.38. The van der Waals surface area contributed by atoms with Crippen LogP contribution in [0, 0.1) is 0 Å². The van der Waals surface area contributed by atoms with E-state index in [2.05, 4.69) is 4.98 Å². The molecular weight excluding hydrogens is 235 g/mol. The van der Waals surface area contributed by atoms with Crippen molar-refractivity contribution in [3.8, 4) is 0 Å². The first kappa shape index (κ1) is 11.8. The van der Waals surface area contributed by atoms with Crippen molar-refractivity contribution in [3.05, 3.63) is 23.9 Å². The van der Waals surface area contributed by atoms with E-state index in [-0.39, 0.29) is 30.7 Å². The smallest absolute Gasteiger partial charge is 0.326 e. The standard InChI is InChI=1S/C10H10F3N3O/c11-10(12,13)6-1-2-8(15-4-6)16-5-7(14)3-9(16)17/h1-2,4,7H,3,5,14H2. The Morgan fingerprint density at radius 1 is 1.41 bits per heavy atom. The van der Waals surface area contributed by atoms with Crippen LogP contribution in [0.1, 0.15) is 12.0 Å². The lowest BCUT2D eigenvalue weighted by atomic mass is 10.3. The largest absolute Gasteiger partial charge is 0.417 e. The van der Waals surface area contributed by atoms with E-state index in [1.807, 2.05) is 0 Å². The van der Waals surface area contributed by atoms with E-state index in [0.29, 0.717) is 6.20 Å². The molecule has 0 aromatic carbocycles. The Kier molecular flexibility index (Phi) is 2.78. The summed E-state index contributed by atoms with van der Waals surface area (Å²) in [5.41, 5.74) is 4.75. The summed E-state index contributed by atoms with van der Waals surface area (Å²) in [6.07, 6.45) is -3.51. The van der Waals surface area contributed by atoms with Crippen molar-refractivity contribution in [1.29, 1.82) is 0 Å². The fraction of sp³-hybridized carbons (Fsp3) is 0.400. The number of amides is 1. The molecule has 0 bridgehead atoms. The lowest BCUT2D eigenvalue weighted by molar-refractivity contribution is -0.137. The topological polar surface area (TPSA) is 59.2 Å². The number of hydrogen-bond donors (Lipinski definition) is 1. The van der Waals surface area contributed by atoms with Crippen molar-refractivity contribution in [3.63, 3.8) is 0 Å². The highest BCUT2D eigenvalue weighted by Crippen LogP contribution is 2.29. The summed E-state index contributed by atoms with van der Waals surface area (Å²) in [5.74, 6) is -0.0132. The molecule has 0 aliphatic carbocycles. The van der Waals surface area contributed by atoms with Gasteiger partial charge in [0.1, 0.15) is 5.82 Å². The fourth-order valence-electron chi connectivity index (χ4n) is 1.67. The molecule has 2 N–H and O–H groups in total. The lowest BCUT2D eigenvalue weighted by Crippen LogP contribution is -2.28. The van der Waals surface area contributed by atoms with E-state index in [1.165, 1.54) is 11.0 Å². The van der Waals surface area contributed by atoms with E-state index >= 15 is 0 Å². The molecule has 1 unspecified atom stereocenters. The van der Waals surface area contributed by atoms with Crippen LogP contribution in [0.4, 0.5) is 19.0 Å². The first-order valence-electron chi connectivity index (χ1n) is 4.97. The maximum Gasteiger partial charge on any atom is 0.417 e. The van der Waals surface area contributed by atoms with Gasteiger partial charge in [-0.15, -0.1) is 0 Å². The minimum Gasteiger partial charge on any atom is -0.326 e. The summed E-state index contributed by atoms with van der Waals surface area (Å²) in [6.45, 7) is 0.289. The van der Waals surface area contributed by atoms with Crippen LogP contribution >= 0.6 is 0 Å². The molecule has 17 heavy (non-hydrogen) atoms. The highest BCUT2D eigenvalue weighted by atomic mass is 19.4. The van der Waals surface area contributed by atoms with Gasteiger partial charge in [-0.3, -0.25) is 9.69 Å². The van der Waals surface area contributed by atoms with Gasteiger partial charge in [-0.25, -0.2) is 4.98 Å². The summed E-state index contributed by atoms with van der Waals surface area (Å²) in [6, 6.07) is 1.80. The molecule has 1 aliphatic rings. The maximum atomic E-state index is 12.3. The molecule has 7 heteroatoms. The van der Waals surface area contributed by atoms with Gasteiger partial charge in [0.05, 0.1) is 5.56 Å². The molecule has 0 radical (unpaired) electrons. The SMILES string of the molecule is NC1CC(=O)N(c2ccc(C(F)(F)F)cn2)C1. The average Bonchev–Trinajstić information content (AvgIpc) is 2.57. The van der Waals surface area contributed by atoms with Gasteiger partial charge in [0, 0.05) is 25.2 Å². The number of nitrogens with zero attached hydrogens (tertiary/aromatic N) is 2. The number of carbonyl (C=O) groups is 1. The van der Waals surface area contributed by atoms with Gasteiger partial charge in [0.15, 0.2) is 0 Å². The van der Waals surface area contributed by atoms with Crippen LogP contribution in [0.3, 0.4) is 0 Å². The predicted molar refractivity (Wildman–Crippen MR) is 54.2 cm³/mol. The summed E-state index contributed by atoms with van der Waals surface area (Å²) >= 11 is 0. The van der Waals surface area contributed by atoms with Crippen LogP contribution in [0.15, 0.2) is 18.3 Å². The number of halogens is 3. The number of nitrogens with two attached hydrogens (primary N) is 1. The molecule has 92 valence electrons. The molecule has 1 aromatic rings. The molecule has 1 amide bonds. The zero-order valence-electron chi connectivity index (χ0n) is 8.74. The first-order chi connectivity index (χ1) is 7.88. The minimum atomic E-state index is -4.42. The Balaban J connectivity index is 2.22. The Bertz CT molecular complexity index is 429. The van der Waals surface area contributed by atoms with Gasteiger partial charge < -0.3 is 5.73 Å². The van der Waals surface area contributed by atoms with Crippen LogP contribution in [-0.2, 0) is 11.0 Å². The van der Waals surface area contributed by atoms with Gasteiger partial charge in [-0.1, -0.05) is 0 Å². The highest BCUT2D eigenvalue weighted by molar-refractivity contribution is 5.95. The monoisotopic (exact) mass is 245 g/mol. The summed E-state index contributed by atoms with van der Waals surface area (Å²) in [7, 11) is 0. The molecule has 2 heterocycles.